The van der Waals surface area contributed by atoms with Gasteiger partial charge in [0.05, 0.1) is 23.8 Å². The van der Waals surface area contributed by atoms with Crippen LogP contribution in [0, 0.1) is 5.92 Å². The van der Waals surface area contributed by atoms with Gasteiger partial charge in [-0.15, -0.1) is 0 Å². The highest BCUT2D eigenvalue weighted by molar-refractivity contribution is 5.73. The van der Waals surface area contributed by atoms with Crippen molar-refractivity contribution in [3.05, 3.63) is 107 Å². The third kappa shape index (κ3) is 10.5. The molecule has 3 aromatic carbocycles. The van der Waals surface area contributed by atoms with E-state index >= 15 is 0 Å². The molecule has 2 atom stereocenters. The number of carboxylic acids is 1. The van der Waals surface area contributed by atoms with Gasteiger partial charge in [0, 0.05) is 24.9 Å². The van der Waals surface area contributed by atoms with E-state index in [0.29, 0.717) is 13.0 Å². The molecular formula is C32H32F9NO3. The fourth-order valence-corrected chi connectivity index (χ4v) is 5.39. The third-order valence-electron chi connectivity index (χ3n) is 7.32. The Kier molecular flexibility index (Phi) is 12.1. The monoisotopic (exact) mass is 649 g/mol. The van der Waals surface area contributed by atoms with Gasteiger partial charge in [-0.3, -0.25) is 0 Å². The second-order valence-corrected chi connectivity index (χ2v) is 10.6. The number of benzene rings is 3. The summed E-state index contributed by atoms with van der Waals surface area (Å²) in [6.07, 6.45) is -13.6. The lowest BCUT2D eigenvalue weighted by Crippen LogP contribution is -2.47. The highest BCUT2D eigenvalue weighted by Crippen LogP contribution is 2.40. The molecular weight excluding hydrogens is 617 g/mol. The third-order valence-corrected chi connectivity index (χ3v) is 7.32. The molecule has 1 N–H and O–H groups in total. The molecule has 0 aromatic heterocycles. The van der Waals surface area contributed by atoms with Crippen LogP contribution in [0.2, 0.25) is 0 Å². The maximum absolute atomic E-state index is 13.4. The second kappa shape index (κ2) is 15.1. The van der Waals surface area contributed by atoms with Crippen molar-refractivity contribution in [1.29, 1.82) is 0 Å². The summed E-state index contributed by atoms with van der Waals surface area (Å²) in [7, 11) is 0. The summed E-state index contributed by atoms with van der Waals surface area (Å²) in [6.45, 7) is 4.14. The van der Waals surface area contributed by atoms with Crippen molar-refractivity contribution in [2.45, 2.75) is 56.9 Å². The topological polar surface area (TPSA) is 49.8 Å². The van der Waals surface area contributed by atoms with Crippen molar-refractivity contribution in [3.8, 4) is 0 Å². The first-order chi connectivity index (χ1) is 21.0. The first-order valence-corrected chi connectivity index (χ1v) is 14.0. The predicted molar refractivity (Wildman–Crippen MR) is 148 cm³/mol. The highest BCUT2D eigenvalue weighted by atomic mass is 19.4. The van der Waals surface area contributed by atoms with Crippen molar-refractivity contribution >= 4 is 5.97 Å². The molecule has 246 valence electrons. The van der Waals surface area contributed by atoms with Crippen molar-refractivity contribution in [1.82, 2.24) is 4.90 Å². The Balaban J connectivity index is 0.000000707. The predicted octanol–water partition coefficient (Wildman–Crippen LogP) is 8.81. The molecule has 3 aromatic rings. The van der Waals surface area contributed by atoms with Gasteiger partial charge in [0.2, 0.25) is 0 Å². The first-order valence-electron chi connectivity index (χ1n) is 14.0. The van der Waals surface area contributed by atoms with Gasteiger partial charge in [-0.1, -0.05) is 67.6 Å². The number of nitrogens with zero attached hydrogens (tertiary/aromatic N) is 1. The zero-order valence-electron chi connectivity index (χ0n) is 24.1. The van der Waals surface area contributed by atoms with Crippen LogP contribution in [-0.2, 0) is 28.5 Å². The molecule has 0 radical (unpaired) electrons. The Morgan fingerprint density at radius 3 is 1.71 bits per heavy atom. The Bertz CT molecular complexity index is 1290. The fourth-order valence-electron chi connectivity index (χ4n) is 5.39. The van der Waals surface area contributed by atoms with Crippen LogP contribution in [0.5, 0.6) is 0 Å². The summed E-state index contributed by atoms with van der Waals surface area (Å²) in [5, 5.41) is 7.12. The van der Waals surface area contributed by atoms with Gasteiger partial charge in [-0.25, -0.2) is 4.79 Å². The largest absolute Gasteiger partial charge is 0.490 e. The SMILES string of the molecule is CCCN1CC[C@@H](OCc2cc(C(F)(F)F)cc(C(F)(F)F)c2)[C@@H](C(c2ccccc2)c2ccccc2)C1.O=C(O)C(F)(F)F. The molecule has 1 aliphatic heterocycles. The summed E-state index contributed by atoms with van der Waals surface area (Å²) in [5.41, 5.74) is -0.612. The lowest BCUT2D eigenvalue weighted by Gasteiger charge is -2.42. The van der Waals surface area contributed by atoms with Gasteiger partial charge in [-0.05, 0) is 54.3 Å². The van der Waals surface area contributed by atoms with E-state index < -0.39 is 35.6 Å². The summed E-state index contributed by atoms with van der Waals surface area (Å²) in [5.74, 6) is -2.85. The van der Waals surface area contributed by atoms with Crippen LogP contribution in [0.1, 0.15) is 53.5 Å². The van der Waals surface area contributed by atoms with E-state index in [1.807, 2.05) is 36.4 Å². The number of hydrogen-bond donors (Lipinski definition) is 1. The Morgan fingerprint density at radius 2 is 1.31 bits per heavy atom. The molecule has 0 saturated carbocycles. The van der Waals surface area contributed by atoms with E-state index in [2.05, 4.69) is 36.1 Å². The van der Waals surface area contributed by atoms with Crippen LogP contribution in [0.25, 0.3) is 0 Å². The molecule has 0 bridgehead atoms. The Morgan fingerprint density at radius 1 is 0.844 bits per heavy atom. The van der Waals surface area contributed by atoms with Gasteiger partial charge in [0.15, 0.2) is 0 Å². The van der Waals surface area contributed by atoms with Crippen LogP contribution in [-0.4, -0.2) is 47.9 Å². The van der Waals surface area contributed by atoms with Crippen molar-refractivity contribution in [3.63, 3.8) is 0 Å². The maximum Gasteiger partial charge on any atom is 0.490 e. The average molecular weight is 650 g/mol. The molecule has 4 rings (SSSR count). The summed E-state index contributed by atoms with van der Waals surface area (Å²) < 4.78 is 118. The normalized spacial score (nSPS) is 17.9. The number of likely N-dealkylation sites (tertiary alicyclic amines) is 1. The maximum atomic E-state index is 13.4. The zero-order valence-corrected chi connectivity index (χ0v) is 24.1. The number of ether oxygens (including phenoxy) is 1. The zero-order chi connectivity index (χ0) is 33.4. The summed E-state index contributed by atoms with van der Waals surface area (Å²) in [4.78, 5) is 11.3. The van der Waals surface area contributed by atoms with E-state index in [0.717, 1.165) is 42.8 Å². The van der Waals surface area contributed by atoms with E-state index in [4.69, 9.17) is 14.6 Å². The number of rotatable bonds is 8. The minimum atomic E-state index is -5.08. The minimum Gasteiger partial charge on any atom is -0.475 e. The van der Waals surface area contributed by atoms with Crippen LogP contribution in [0.4, 0.5) is 39.5 Å². The van der Waals surface area contributed by atoms with Crippen molar-refractivity contribution in [2.24, 2.45) is 5.92 Å². The van der Waals surface area contributed by atoms with Crippen LogP contribution < -0.4 is 0 Å². The molecule has 1 heterocycles. The molecule has 4 nitrogen and oxygen atoms in total. The van der Waals surface area contributed by atoms with Crippen LogP contribution in [0.15, 0.2) is 78.9 Å². The molecule has 1 saturated heterocycles. The van der Waals surface area contributed by atoms with Gasteiger partial charge in [0.1, 0.15) is 0 Å². The molecule has 0 spiro atoms. The standard InChI is InChI=1S/C30H31F6NO.C2HF3O2/c1-2-14-37-15-13-27(38-20-21-16-24(29(31,32)33)18-25(17-21)30(34,35)36)26(19-37)28(22-9-5-3-6-10-22)23-11-7-4-8-12-23;3-2(4,5)1(6)7/h3-12,16-18,26-28H,2,13-15,19-20H2,1H3;(H,6,7)/t26-,27+;/m0./s1. The molecule has 0 aliphatic carbocycles. The van der Waals surface area contributed by atoms with E-state index in [1.165, 1.54) is 0 Å². The number of carbonyl (C=O) groups is 1. The second-order valence-electron chi connectivity index (χ2n) is 10.6. The van der Waals surface area contributed by atoms with Gasteiger partial charge >= 0.3 is 24.5 Å². The lowest BCUT2D eigenvalue weighted by molar-refractivity contribution is -0.192. The summed E-state index contributed by atoms with van der Waals surface area (Å²) >= 11 is 0. The van der Waals surface area contributed by atoms with E-state index in [1.54, 1.807) is 0 Å². The Hall–Kier alpha value is -3.58. The Labute approximate surface area is 254 Å². The number of hydrogen-bond acceptors (Lipinski definition) is 3. The van der Waals surface area contributed by atoms with Crippen molar-refractivity contribution in [2.75, 3.05) is 19.6 Å². The van der Waals surface area contributed by atoms with E-state index in [-0.39, 0.29) is 36.2 Å². The van der Waals surface area contributed by atoms with Gasteiger partial charge < -0.3 is 14.7 Å². The highest BCUT2D eigenvalue weighted by Gasteiger charge is 2.40. The first kappa shape index (κ1) is 35.9. The van der Waals surface area contributed by atoms with Gasteiger partial charge in [0.25, 0.3) is 0 Å². The molecule has 0 amide bonds. The quantitative estimate of drug-likeness (QED) is 0.248. The molecule has 45 heavy (non-hydrogen) atoms. The lowest BCUT2D eigenvalue weighted by atomic mass is 9.75. The average Bonchev–Trinajstić information content (AvgIpc) is 2.97. The van der Waals surface area contributed by atoms with Gasteiger partial charge in [-0.2, -0.15) is 39.5 Å². The molecule has 1 fully saturated rings. The van der Waals surface area contributed by atoms with Crippen LogP contribution >= 0.6 is 0 Å². The molecule has 1 aliphatic rings. The van der Waals surface area contributed by atoms with Crippen molar-refractivity contribution < 1.29 is 54.2 Å². The number of aliphatic carboxylic acids is 1. The molecule has 0 unspecified atom stereocenters. The number of halogens is 9. The number of alkyl halides is 9. The number of carboxylic acid groups (broad SMARTS) is 1. The van der Waals surface area contributed by atoms with E-state index in [9.17, 15) is 39.5 Å². The number of piperidine rings is 1. The smallest absolute Gasteiger partial charge is 0.475 e. The van der Waals surface area contributed by atoms with Crippen LogP contribution in [0.3, 0.4) is 0 Å². The fraction of sp³-hybridized carbons (Fsp3) is 0.406. The summed E-state index contributed by atoms with van der Waals surface area (Å²) in [6, 6.07) is 21.6. The minimum absolute atomic E-state index is 0.0469. The molecule has 13 heteroatoms.